The predicted octanol–water partition coefficient (Wildman–Crippen LogP) is 1.51. The predicted molar refractivity (Wildman–Crippen MR) is 155 cm³/mol. The van der Waals surface area contributed by atoms with E-state index in [1.54, 1.807) is 53.4 Å². The van der Waals surface area contributed by atoms with Gasteiger partial charge in [0.1, 0.15) is 11.6 Å². The molecule has 2 aliphatic rings. The van der Waals surface area contributed by atoms with Crippen molar-refractivity contribution in [1.29, 1.82) is 0 Å². The number of nitrogens with two attached hydrogens (primary N) is 1. The number of carbonyl (C=O) groups is 1. The van der Waals surface area contributed by atoms with Crippen molar-refractivity contribution in [3.63, 3.8) is 0 Å². The van der Waals surface area contributed by atoms with Gasteiger partial charge in [0, 0.05) is 43.3 Å². The van der Waals surface area contributed by atoms with E-state index >= 15 is 0 Å². The fraction of sp³-hybridized carbons (Fsp3) is 0.207. The number of nitrogen functional groups attached to an aromatic ring is 1. The number of amides is 1. The number of fused-ring (bicyclic) bond motifs is 2. The number of piperazine rings is 1. The molecule has 0 radical (unpaired) electrons. The van der Waals surface area contributed by atoms with Crippen LogP contribution >= 0.6 is 0 Å². The maximum Gasteiger partial charge on any atom is 0.272 e. The van der Waals surface area contributed by atoms with E-state index in [1.807, 2.05) is 18.2 Å². The number of aromatic nitrogens is 7. The average molecular weight is 560 g/mol. The molecule has 2 atom stereocenters. The zero-order valence-corrected chi connectivity index (χ0v) is 22.3. The lowest BCUT2D eigenvalue weighted by Gasteiger charge is -2.36. The third-order valence-corrected chi connectivity index (χ3v) is 7.34. The van der Waals surface area contributed by atoms with Crippen molar-refractivity contribution in [1.82, 2.24) is 40.1 Å². The molecule has 1 aromatic carbocycles. The standard InChI is InChI=1S/C29H25N11O2/c30-28-23(15-19(35-36-28)18-5-1-2-6-24(18)41)38-13-14-39(22-17-21(22)38)26-8-11-31-25(34-26)7-3-9-33-29(42)20-16-27-32-10-4-12-40(27)37-20/h1-2,4-6,8,10-12,15-16,21-22,41H,9,13-14,17H2,(H2,30,36)(H,33,42). The number of anilines is 3. The molecule has 5 heterocycles. The maximum atomic E-state index is 12.4. The molecule has 1 amide bonds. The Morgan fingerprint density at radius 3 is 2.79 bits per heavy atom. The molecule has 0 spiro atoms. The zero-order chi connectivity index (χ0) is 28.6. The highest BCUT2D eigenvalue weighted by Gasteiger charge is 2.50. The Balaban J connectivity index is 1.00. The van der Waals surface area contributed by atoms with Crippen LogP contribution in [-0.4, -0.2) is 77.5 Å². The zero-order valence-electron chi connectivity index (χ0n) is 22.3. The molecular formula is C29H25N11O2. The first kappa shape index (κ1) is 25.2. The highest BCUT2D eigenvalue weighted by Crippen LogP contribution is 2.43. The number of hydrogen-bond donors (Lipinski definition) is 3. The summed E-state index contributed by atoms with van der Waals surface area (Å²) in [5.41, 5.74) is 9.11. The van der Waals surface area contributed by atoms with Crippen molar-refractivity contribution in [3.8, 4) is 28.8 Å². The van der Waals surface area contributed by atoms with Crippen molar-refractivity contribution in [2.24, 2.45) is 0 Å². The number of para-hydroxylation sites is 1. The molecule has 13 heteroatoms. The summed E-state index contributed by atoms with van der Waals surface area (Å²) in [6, 6.07) is 14.7. The molecule has 13 nitrogen and oxygen atoms in total. The summed E-state index contributed by atoms with van der Waals surface area (Å²) in [7, 11) is 0. The second-order valence-electron chi connectivity index (χ2n) is 9.95. The van der Waals surface area contributed by atoms with Gasteiger partial charge in [-0.15, -0.1) is 10.2 Å². The summed E-state index contributed by atoms with van der Waals surface area (Å²) in [5, 5.41) is 25.6. The number of hydrogen-bond acceptors (Lipinski definition) is 11. The largest absolute Gasteiger partial charge is 0.507 e. The molecule has 4 aromatic heterocycles. The highest BCUT2D eigenvalue weighted by molar-refractivity contribution is 5.93. The van der Waals surface area contributed by atoms with Crippen LogP contribution in [0.2, 0.25) is 0 Å². The minimum absolute atomic E-state index is 0.126. The van der Waals surface area contributed by atoms with Gasteiger partial charge in [-0.2, -0.15) is 5.10 Å². The third kappa shape index (κ3) is 4.75. The van der Waals surface area contributed by atoms with Gasteiger partial charge in [0.05, 0.1) is 30.0 Å². The van der Waals surface area contributed by atoms with E-state index in [-0.39, 0.29) is 36.0 Å². The Morgan fingerprint density at radius 1 is 1.05 bits per heavy atom. The number of nitrogens with zero attached hydrogens (tertiary/aromatic N) is 9. The molecule has 42 heavy (non-hydrogen) atoms. The van der Waals surface area contributed by atoms with Gasteiger partial charge < -0.3 is 26.0 Å². The van der Waals surface area contributed by atoms with Gasteiger partial charge in [-0.05, 0) is 42.7 Å². The smallest absolute Gasteiger partial charge is 0.272 e. The number of rotatable bonds is 5. The first-order chi connectivity index (χ1) is 20.5. The lowest BCUT2D eigenvalue weighted by atomic mass is 10.1. The Labute approximate surface area is 240 Å². The maximum absolute atomic E-state index is 12.4. The van der Waals surface area contributed by atoms with Crippen LogP contribution in [0.1, 0.15) is 22.7 Å². The van der Waals surface area contributed by atoms with Crippen molar-refractivity contribution < 1.29 is 9.90 Å². The summed E-state index contributed by atoms with van der Waals surface area (Å²) >= 11 is 0. The lowest BCUT2D eigenvalue weighted by Crippen LogP contribution is -2.47. The van der Waals surface area contributed by atoms with Gasteiger partial charge in [0.15, 0.2) is 17.2 Å². The van der Waals surface area contributed by atoms with Gasteiger partial charge in [-0.25, -0.2) is 19.5 Å². The molecule has 2 fully saturated rings. The summed E-state index contributed by atoms with van der Waals surface area (Å²) in [6.45, 7) is 1.57. The van der Waals surface area contributed by atoms with Crippen LogP contribution in [-0.2, 0) is 0 Å². The van der Waals surface area contributed by atoms with Gasteiger partial charge in [0.2, 0.25) is 5.82 Å². The molecule has 4 N–H and O–H groups in total. The van der Waals surface area contributed by atoms with E-state index in [9.17, 15) is 9.90 Å². The molecule has 7 rings (SSSR count). The van der Waals surface area contributed by atoms with E-state index < -0.39 is 0 Å². The van der Waals surface area contributed by atoms with Crippen LogP contribution in [0, 0.1) is 11.8 Å². The highest BCUT2D eigenvalue weighted by atomic mass is 16.3. The number of nitrogens with one attached hydrogen (secondary N) is 1. The van der Waals surface area contributed by atoms with Crippen LogP contribution < -0.4 is 20.9 Å². The molecule has 1 aliphatic heterocycles. The minimum atomic E-state index is -0.333. The fourth-order valence-electron chi connectivity index (χ4n) is 5.26. The van der Waals surface area contributed by atoms with Crippen molar-refractivity contribution in [3.05, 3.63) is 78.6 Å². The Hall–Kier alpha value is -5.77. The number of benzene rings is 1. The van der Waals surface area contributed by atoms with E-state index in [1.165, 1.54) is 0 Å². The fourth-order valence-corrected chi connectivity index (χ4v) is 5.26. The third-order valence-electron chi connectivity index (χ3n) is 7.34. The van der Waals surface area contributed by atoms with Gasteiger partial charge in [-0.3, -0.25) is 4.79 Å². The number of phenols is 1. The second kappa shape index (κ2) is 10.3. The number of phenolic OH excluding ortho intramolecular Hbond substituents is 1. The summed E-state index contributed by atoms with van der Waals surface area (Å²) in [5.74, 6) is 7.21. The quantitative estimate of drug-likeness (QED) is 0.268. The Kier molecular flexibility index (Phi) is 6.20. The van der Waals surface area contributed by atoms with Crippen LogP contribution in [0.3, 0.4) is 0 Å². The van der Waals surface area contributed by atoms with Crippen LogP contribution in [0.25, 0.3) is 16.9 Å². The van der Waals surface area contributed by atoms with Crippen LogP contribution in [0.15, 0.2) is 67.1 Å². The van der Waals surface area contributed by atoms with Crippen molar-refractivity contribution in [2.45, 2.75) is 18.5 Å². The van der Waals surface area contributed by atoms with E-state index in [0.29, 0.717) is 35.1 Å². The Morgan fingerprint density at radius 2 is 1.90 bits per heavy atom. The molecular weight excluding hydrogens is 534 g/mol. The first-order valence-corrected chi connectivity index (χ1v) is 13.4. The molecule has 2 unspecified atom stereocenters. The summed E-state index contributed by atoms with van der Waals surface area (Å²) < 4.78 is 1.54. The van der Waals surface area contributed by atoms with Crippen LogP contribution in [0.5, 0.6) is 5.75 Å². The average Bonchev–Trinajstić information content (AvgIpc) is 3.70. The number of carbonyl (C=O) groups excluding carboxylic acids is 1. The molecule has 208 valence electrons. The minimum Gasteiger partial charge on any atom is -0.507 e. The van der Waals surface area contributed by atoms with Crippen molar-refractivity contribution in [2.75, 3.05) is 35.2 Å². The normalized spacial score (nSPS) is 17.3. The number of aromatic hydroxyl groups is 1. The SMILES string of the molecule is Nc1nnc(-c2ccccc2O)cc1N1CCN(c2ccnc(C#CCNC(=O)c3cc4ncccn4n3)n2)C2CC21. The molecule has 5 aromatic rings. The molecule has 1 saturated heterocycles. The van der Waals surface area contributed by atoms with Gasteiger partial charge in [-0.1, -0.05) is 18.1 Å². The van der Waals surface area contributed by atoms with E-state index in [4.69, 9.17) is 5.73 Å². The second-order valence-corrected chi connectivity index (χ2v) is 9.95. The topological polar surface area (TPSA) is 164 Å². The molecule has 1 aliphatic carbocycles. The molecule has 0 bridgehead atoms. The summed E-state index contributed by atoms with van der Waals surface area (Å²) in [4.78, 5) is 30.1. The summed E-state index contributed by atoms with van der Waals surface area (Å²) in [6.07, 6.45) is 6.02. The van der Waals surface area contributed by atoms with E-state index in [2.05, 4.69) is 57.2 Å². The Bertz CT molecular complexity index is 1850. The molecule has 1 saturated carbocycles. The van der Waals surface area contributed by atoms with E-state index in [0.717, 1.165) is 24.5 Å². The first-order valence-electron chi connectivity index (χ1n) is 13.4. The van der Waals surface area contributed by atoms with Crippen LogP contribution in [0.4, 0.5) is 17.3 Å². The van der Waals surface area contributed by atoms with Crippen molar-refractivity contribution >= 4 is 28.9 Å². The van der Waals surface area contributed by atoms with Gasteiger partial charge in [0.25, 0.3) is 5.91 Å². The lowest BCUT2D eigenvalue weighted by molar-refractivity contribution is 0.0953. The monoisotopic (exact) mass is 559 g/mol. The van der Waals surface area contributed by atoms with Gasteiger partial charge >= 0.3 is 0 Å².